The molecule has 0 radical (unpaired) electrons. The Morgan fingerprint density at radius 2 is 1.90 bits per heavy atom. The van der Waals surface area contributed by atoms with Gasteiger partial charge in [-0.3, -0.25) is 9.59 Å². The second-order valence-electron chi connectivity index (χ2n) is 4.65. The first kappa shape index (κ1) is 16.2. The molecule has 0 amide bonds. The molecule has 1 aromatic carbocycles. The lowest BCUT2D eigenvalue weighted by molar-refractivity contribution is -0.140. The van der Waals surface area contributed by atoms with E-state index in [1.54, 1.807) is 13.1 Å². The Morgan fingerprint density at radius 3 is 2.40 bits per heavy atom. The van der Waals surface area contributed by atoms with E-state index in [1.165, 1.54) is 14.2 Å². The summed E-state index contributed by atoms with van der Waals surface area (Å²) in [7, 11) is 4.47. The zero-order valence-corrected chi connectivity index (χ0v) is 12.6. The third-order valence-electron chi connectivity index (χ3n) is 3.15. The molecular weight excluding hydrogens is 258 g/mol. The van der Waals surface area contributed by atoms with Gasteiger partial charge in [-0.1, -0.05) is 6.07 Å². The number of benzene rings is 1. The number of likely N-dealkylation sites (N-methyl/N-ethyl adjacent to an activating group) is 1. The van der Waals surface area contributed by atoms with Gasteiger partial charge in [0, 0.05) is 0 Å². The van der Waals surface area contributed by atoms with Crippen molar-refractivity contribution in [2.24, 2.45) is 0 Å². The Bertz CT molecular complexity index is 511. The quantitative estimate of drug-likeness (QED) is 0.633. The Hall–Kier alpha value is -1.88. The average molecular weight is 279 g/mol. The van der Waals surface area contributed by atoms with E-state index < -0.39 is 12.0 Å². The largest absolute Gasteiger partial charge is 0.496 e. The standard InChI is InChI=1S/C15H21NO4/c1-9-6-10(2)15(20-5)11(7-9)14(18)12(16-3)8-13(17)19-4/h6-7,12,16H,8H2,1-5H3. The van der Waals surface area contributed by atoms with Crippen LogP contribution in [0.25, 0.3) is 0 Å². The number of aryl methyl sites for hydroxylation is 2. The molecule has 1 rings (SSSR count). The Balaban J connectivity index is 3.15. The highest BCUT2D eigenvalue weighted by Gasteiger charge is 2.25. The van der Waals surface area contributed by atoms with Crippen LogP contribution in [0.1, 0.15) is 27.9 Å². The minimum atomic E-state index is -0.627. The normalized spacial score (nSPS) is 11.8. The Labute approximate surface area is 119 Å². The number of rotatable bonds is 6. The number of esters is 1. The fourth-order valence-electron chi connectivity index (χ4n) is 2.17. The minimum absolute atomic E-state index is 0.0119. The lowest BCUT2D eigenvalue weighted by Crippen LogP contribution is -2.36. The second kappa shape index (κ2) is 7.05. The lowest BCUT2D eigenvalue weighted by Gasteiger charge is -2.17. The minimum Gasteiger partial charge on any atom is -0.496 e. The molecule has 0 heterocycles. The monoisotopic (exact) mass is 279 g/mol. The lowest BCUT2D eigenvalue weighted by atomic mass is 9.96. The smallest absolute Gasteiger partial charge is 0.307 e. The summed E-state index contributed by atoms with van der Waals surface area (Å²) in [6.07, 6.45) is -0.0119. The van der Waals surface area contributed by atoms with E-state index in [0.29, 0.717) is 11.3 Å². The SMILES string of the molecule is CNC(CC(=O)OC)C(=O)c1cc(C)cc(C)c1OC. The van der Waals surface area contributed by atoms with Crippen molar-refractivity contribution >= 4 is 11.8 Å². The maximum Gasteiger partial charge on any atom is 0.307 e. The molecule has 5 heteroatoms. The molecule has 0 aliphatic heterocycles. The van der Waals surface area contributed by atoms with Crippen LogP contribution in [0.15, 0.2) is 12.1 Å². The number of nitrogens with one attached hydrogen (secondary N) is 1. The predicted molar refractivity (Wildman–Crippen MR) is 76.3 cm³/mol. The first-order chi connectivity index (χ1) is 9.44. The maximum atomic E-state index is 12.6. The van der Waals surface area contributed by atoms with E-state index in [1.807, 2.05) is 19.9 Å². The molecule has 110 valence electrons. The van der Waals surface area contributed by atoms with E-state index in [9.17, 15) is 9.59 Å². The summed E-state index contributed by atoms with van der Waals surface area (Å²) in [4.78, 5) is 23.9. The van der Waals surface area contributed by atoms with Gasteiger partial charge in [0.05, 0.1) is 32.2 Å². The van der Waals surface area contributed by atoms with Gasteiger partial charge in [-0.15, -0.1) is 0 Å². The number of methoxy groups -OCH3 is 2. The molecule has 0 bridgehead atoms. The highest BCUT2D eigenvalue weighted by molar-refractivity contribution is 6.04. The van der Waals surface area contributed by atoms with Crippen LogP contribution in [0.5, 0.6) is 5.75 Å². The molecule has 0 saturated carbocycles. The fraction of sp³-hybridized carbons (Fsp3) is 0.467. The van der Waals surface area contributed by atoms with Crippen molar-refractivity contribution in [2.75, 3.05) is 21.3 Å². The third-order valence-corrected chi connectivity index (χ3v) is 3.15. The van der Waals surface area contributed by atoms with Crippen molar-refractivity contribution in [1.29, 1.82) is 0 Å². The molecule has 0 saturated heterocycles. The molecule has 0 aromatic heterocycles. The van der Waals surface area contributed by atoms with Crippen LogP contribution < -0.4 is 10.1 Å². The molecule has 1 unspecified atom stereocenters. The van der Waals surface area contributed by atoms with Crippen LogP contribution in [-0.4, -0.2) is 39.1 Å². The maximum absolute atomic E-state index is 12.6. The zero-order chi connectivity index (χ0) is 15.3. The van der Waals surface area contributed by atoms with Crippen LogP contribution in [0.4, 0.5) is 0 Å². The molecule has 0 spiro atoms. The molecule has 0 aliphatic carbocycles. The van der Waals surface area contributed by atoms with Crippen molar-refractivity contribution in [3.8, 4) is 5.75 Å². The summed E-state index contributed by atoms with van der Waals surface area (Å²) in [5, 5.41) is 2.85. The molecule has 0 fully saturated rings. The van der Waals surface area contributed by atoms with Crippen molar-refractivity contribution in [2.45, 2.75) is 26.3 Å². The van der Waals surface area contributed by atoms with Gasteiger partial charge in [-0.2, -0.15) is 0 Å². The number of carbonyl (C=O) groups excluding carboxylic acids is 2. The zero-order valence-electron chi connectivity index (χ0n) is 12.6. The number of carbonyl (C=O) groups is 2. The summed E-state index contributed by atoms with van der Waals surface area (Å²) in [6, 6.07) is 3.10. The molecule has 5 nitrogen and oxygen atoms in total. The van der Waals surface area contributed by atoms with Crippen LogP contribution in [-0.2, 0) is 9.53 Å². The van der Waals surface area contributed by atoms with E-state index in [-0.39, 0.29) is 12.2 Å². The number of hydrogen-bond acceptors (Lipinski definition) is 5. The van der Waals surface area contributed by atoms with Gasteiger partial charge in [-0.05, 0) is 38.1 Å². The Morgan fingerprint density at radius 1 is 1.25 bits per heavy atom. The van der Waals surface area contributed by atoms with Gasteiger partial charge in [0.2, 0.25) is 0 Å². The van der Waals surface area contributed by atoms with Crippen molar-refractivity contribution in [3.05, 3.63) is 28.8 Å². The molecule has 1 atom stereocenters. The van der Waals surface area contributed by atoms with Crippen LogP contribution >= 0.6 is 0 Å². The second-order valence-corrected chi connectivity index (χ2v) is 4.65. The predicted octanol–water partition coefficient (Wildman–Crippen LogP) is 1.65. The molecule has 0 aliphatic rings. The third kappa shape index (κ3) is 3.57. The average Bonchev–Trinajstić information content (AvgIpc) is 2.42. The van der Waals surface area contributed by atoms with Crippen molar-refractivity contribution in [3.63, 3.8) is 0 Å². The molecular formula is C15H21NO4. The van der Waals surface area contributed by atoms with Crippen LogP contribution in [0.3, 0.4) is 0 Å². The van der Waals surface area contributed by atoms with E-state index >= 15 is 0 Å². The Kier molecular flexibility index (Phi) is 5.70. The summed E-state index contributed by atoms with van der Waals surface area (Å²) < 4.78 is 9.92. The van der Waals surface area contributed by atoms with E-state index in [2.05, 4.69) is 10.1 Å². The van der Waals surface area contributed by atoms with Crippen molar-refractivity contribution < 1.29 is 19.1 Å². The van der Waals surface area contributed by atoms with E-state index in [0.717, 1.165) is 11.1 Å². The number of ether oxygens (including phenoxy) is 2. The molecule has 1 aromatic rings. The summed E-state index contributed by atoms with van der Waals surface area (Å²) in [5.74, 6) is -0.0618. The fourth-order valence-corrected chi connectivity index (χ4v) is 2.17. The van der Waals surface area contributed by atoms with Gasteiger partial charge < -0.3 is 14.8 Å². The van der Waals surface area contributed by atoms with Gasteiger partial charge in [0.15, 0.2) is 5.78 Å². The van der Waals surface area contributed by atoms with Gasteiger partial charge in [-0.25, -0.2) is 0 Å². The van der Waals surface area contributed by atoms with Gasteiger partial charge in [0.25, 0.3) is 0 Å². The van der Waals surface area contributed by atoms with Gasteiger partial charge >= 0.3 is 5.97 Å². The molecule has 20 heavy (non-hydrogen) atoms. The van der Waals surface area contributed by atoms with Crippen LogP contribution in [0, 0.1) is 13.8 Å². The van der Waals surface area contributed by atoms with Crippen LogP contribution in [0.2, 0.25) is 0 Å². The summed E-state index contributed by atoms with van der Waals surface area (Å²) in [6.45, 7) is 3.80. The number of hydrogen-bond donors (Lipinski definition) is 1. The van der Waals surface area contributed by atoms with E-state index in [4.69, 9.17) is 4.74 Å². The summed E-state index contributed by atoms with van der Waals surface area (Å²) in [5.41, 5.74) is 2.34. The number of Topliss-reactive ketones (excluding diaryl/α,β-unsaturated/α-hetero) is 1. The highest BCUT2D eigenvalue weighted by Crippen LogP contribution is 2.26. The first-order valence-electron chi connectivity index (χ1n) is 6.38. The van der Waals surface area contributed by atoms with Crippen molar-refractivity contribution in [1.82, 2.24) is 5.32 Å². The molecule has 1 N–H and O–H groups in total. The summed E-state index contributed by atoms with van der Waals surface area (Å²) >= 11 is 0. The van der Waals surface area contributed by atoms with Gasteiger partial charge in [0.1, 0.15) is 5.75 Å². The number of ketones is 1. The highest BCUT2D eigenvalue weighted by atomic mass is 16.5. The topological polar surface area (TPSA) is 64.6 Å². The first-order valence-corrected chi connectivity index (χ1v) is 6.38.